The van der Waals surface area contributed by atoms with E-state index in [0.717, 1.165) is 32.1 Å². The van der Waals surface area contributed by atoms with Crippen LogP contribution in [0.2, 0.25) is 0 Å². The number of amides is 1. The number of ketones is 1. The molecule has 0 spiro atoms. The molecule has 0 aromatic heterocycles. The lowest BCUT2D eigenvalue weighted by atomic mass is 10.1. The van der Waals surface area contributed by atoms with E-state index in [1.165, 1.54) is 32.1 Å². The molecule has 5 nitrogen and oxygen atoms in total. The van der Waals surface area contributed by atoms with Crippen LogP contribution in [0.25, 0.3) is 0 Å². The van der Waals surface area contributed by atoms with E-state index >= 15 is 0 Å². The van der Waals surface area contributed by atoms with E-state index in [1.807, 2.05) is 0 Å². The van der Waals surface area contributed by atoms with E-state index in [4.69, 9.17) is 5.11 Å². The van der Waals surface area contributed by atoms with Crippen molar-refractivity contribution in [3.63, 3.8) is 0 Å². The molecule has 5 heteroatoms. The van der Waals surface area contributed by atoms with Crippen molar-refractivity contribution in [1.29, 1.82) is 0 Å². The number of carbonyl (C=O) groups is 3. The summed E-state index contributed by atoms with van der Waals surface area (Å²) in [6.07, 6.45) is 11.8. The third-order valence-electron chi connectivity index (χ3n) is 4.83. The molecule has 1 heterocycles. The van der Waals surface area contributed by atoms with Gasteiger partial charge < -0.3 is 10.0 Å². The topological polar surface area (TPSA) is 74.7 Å². The summed E-state index contributed by atoms with van der Waals surface area (Å²) < 4.78 is 0. The molecule has 0 saturated carbocycles. The summed E-state index contributed by atoms with van der Waals surface area (Å²) in [5.41, 5.74) is 0. The van der Waals surface area contributed by atoms with Crippen molar-refractivity contribution in [1.82, 2.24) is 4.90 Å². The molecule has 0 unspecified atom stereocenters. The molecule has 1 N–H and O–H groups in total. The molecule has 1 saturated heterocycles. The molecular weight excluding hydrogens is 306 g/mol. The molecular formula is C19H33NO4. The first-order valence-corrected chi connectivity index (χ1v) is 9.61. The van der Waals surface area contributed by atoms with Crippen molar-refractivity contribution in [2.24, 2.45) is 0 Å². The Morgan fingerprint density at radius 1 is 0.958 bits per heavy atom. The van der Waals surface area contributed by atoms with Gasteiger partial charge in [0.05, 0.1) is 0 Å². The van der Waals surface area contributed by atoms with Crippen LogP contribution in [0.4, 0.5) is 0 Å². The fraction of sp³-hybridized carbons (Fsp3) is 0.842. The number of likely N-dealkylation sites (tertiary alicyclic amines) is 1. The molecule has 0 radical (unpaired) electrons. The summed E-state index contributed by atoms with van der Waals surface area (Å²) in [7, 11) is 0. The second-order valence-corrected chi connectivity index (χ2v) is 6.88. The van der Waals surface area contributed by atoms with Crippen LogP contribution in [0.1, 0.15) is 90.4 Å². The zero-order valence-electron chi connectivity index (χ0n) is 15.1. The van der Waals surface area contributed by atoms with Crippen molar-refractivity contribution in [2.75, 3.05) is 6.54 Å². The zero-order valence-corrected chi connectivity index (χ0v) is 15.1. The van der Waals surface area contributed by atoms with E-state index in [1.54, 1.807) is 4.90 Å². The minimum atomic E-state index is -0.848. The van der Waals surface area contributed by atoms with Gasteiger partial charge in [0, 0.05) is 25.4 Å². The zero-order chi connectivity index (χ0) is 17.8. The fourth-order valence-corrected chi connectivity index (χ4v) is 3.38. The van der Waals surface area contributed by atoms with Gasteiger partial charge in [-0.3, -0.25) is 14.4 Å². The first-order chi connectivity index (χ1) is 11.6. The monoisotopic (exact) mass is 339 g/mol. The quantitative estimate of drug-likeness (QED) is 0.407. The maximum absolute atomic E-state index is 12.3. The van der Waals surface area contributed by atoms with Gasteiger partial charge in [-0.25, -0.2) is 0 Å². The largest absolute Gasteiger partial charge is 0.481 e. The van der Waals surface area contributed by atoms with Crippen LogP contribution in [0.15, 0.2) is 0 Å². The molecule has 1 atom stereocenters. The van der Waals surface area contributed by atoms with Crippen LogP contribution >= 0.6 is 0 Å². The number of carbonyl (C=O) groups excluding carboxylic acids is 2. The van der Waals surface area contributed by atoms with Crippen LogP contribution in [0, 0.1) is 0 Å². The van der Waals surface area contributed by atoms with Crippen molar-refractivity contribution in [3.8, 4) is 0 Å². The van der Waals surface area contributed by atoms with Crippen LogP contribution in [-0.4, -0.2) is 40.3 Å². The summed E-state index contributed by atoms with van der Waals surface area (Å²) >= 11 is 0. The molecule has 24 heavy (non-hydrogen) atoms. The van der Waals surface area contributed by atoms with E-state index in [-0.39, 0.29) is 18.2 Å². The minimum Gasteiger partial charge on any atom is -0.481 e. The van der Waals surface area contributed by atoms with E-state index in [2.05, 4.69) is 6.92 Å². The molecule has 1 rings (SSSR count). The SMILES string of the molecule is CCCCCCCCCCC(=O)C(=O)N1CCC[C@H]1CCC(=O)O. The van der Waals surface area contributed by atoms with Crippen LogP contribution in [-0.2, 0) is 14.4 Å². The Hall–Kier alpha value is -1.39. The summed E-state index contributed by atoms with van der Waals surface area (Å²) in [6, 6.07) is -0.0730. The average Bonchev–Trinajstić information content (AvgIpc) is 3.03. The number of hydrogen-bond acceptors (Lipinski definition) is 3. The third kappa shape index (κ3) is 7.93. The smallest absolute Gasteiger partial charge is 0.303 e. The number of aliphatic carboxylic acids is 1. The predicted octanol–water partition coefficient (Wildman–Crippen LogP) is 3.94. The normalized spacial score (nSPS) is 17.2. The summed E-state index contributed by atoms with van der Waals surface area (Å²) in [5, 5.41) is 8.77. The number of carboxylic acids is 1. The molecule has 0 aromatic carbocycles. The maximum Gasteiger partial charge on any atom is 0.303 e. The first-order valence-electron chi connectivity index (χ1n) is 9.61. The Balaban J connectivity index is 2.19. The standard InChI is InChI=1S/C19H33NO4/c1-2-3-4-5-6-7-8-9-12-17(21)19(24)20-15-10-11-16(20)13-14-18(22)23/h16H,2-15H2,1H3,(H,22,23)/t16-/m0/s1. The highest BCUT2D eigenvalue weighted by molar-refractivity contribution is 6.36. The van der Waals surface area contributed by atoms with E-state index < -0.39 is 11.9 Å². The van der Waals surface area contributed by atoms with Gasteiger partial charge in [0.25, 0.3) is 5.91 Å². The fourth-order valence-electron chi connectivity index (χ4n) is 3.38. The predicted molar refractivity (Wildman–Crippen MR) is 93.8 cm³/mol. The van der Waals surface area contributed by atoms with E-state index in [0.29, 0.717) is 19.4 Å². The molecule has 0 aliphatic carbocycles. The van der Waals surface area contributed by atoms with Crippen LogP contribution in [0.3, 0.4) is 0 Å². The Morgan fingerprint density at radius 2 is 1.58 bits per heavy atom. The second kappa shape index (κ2) is 12.0. The van der Waals surface area contributed by atoms with Gasteiger partial charge in [-0.15, -0.1) is 0 Å². The van der Waals surface area contributed by atoms with Crippen molar-refractivity contribution in [2.45, 2.75) is 96.4 Å². The lowest BCUT2D eigenvalue weighted by molar-refractivity contribution is -0.145. The highest BCUT2D eigenvalue weighted by Crippen LogP contribution is 2.22. The molecule has 138 valence electrons. The highest BCUT2D eigenvalue weighted by atomic mass is 16.4. The molecule has 1 aliphatic heterocycles. The van der Waals surface area contributed by atoms with Crippen molar-refractivity contribution in [3.05, 3.63) is 0 Å². The number of nitrogens with zero attached hydrogens (tertiary/aromatic N) is 1. The number of rotatable bonds is 13. The lowest BCUT2D eigenvalue weighted by Crippen LogP contribution is -2.40. The van der Waals surface area contributed by atoms with E-state index in [9.17, 15) is 14.4 Å². The van der Waals surface area contributed by atoms with Crippen LogP contribution < -0.4 is 0 Å². The van der Waals surface area contributed by atoms with Gasteiger partial charge in [0.1, 0.15) is 0 Å². The third-order valence-corrected chi connectivity index (χ3v) is 4.83. The lowest BCUT2D eigenvalue weighted by Gasteiger charge is -2.23. The Labute approximate surface area is 145 Å². The molecule has 1 fully saturated rings. The molecule has 0 aromatic rings. The van der Waals surface area contributed by atoms with Gasteiger partial charge in [-0.05, 0) is 25.7 Å². The number of Topliss-reactive ketones (excluding diaryl/α,β-unsaturated/α-hetero) is 1. The molecule has 1 aliphatic rings. The summed E-state index contributed by atoms with van der Waals surface area (Å²) in [5.74, 6) is -1.55. The van der Waals surface area contributed by atoms with Gasteiger partial charge in [-0.1, -0.05) is 51.9 Å². The van der Waals surface area contributed by atoms with Crippen LogP contribution in [0.5, 0.6) is 0 Å². The number of unbranched alkanes of at least 4 members (excludes halogenated alkanes) is 7. The summed E-state index contributed by atoms with van der Waals surface area (Å²) in [4.78, 5) is 36.6. The highest BCUT2D eigenvalue weighted by Gasteiger charge is 2.31. The van der Waals surface area contributed by atoms with Gasteiger partial charge in [-0.2, -0.15) is 0 Å². The Kier molecular flexibility index (Phi) is 10.4. The Bertz CT molecular complexity index is 408. The Morgan fingerprint density at radius 3 is 2.21 bits per heavy atom. The summed E-state index contributed by atoms with van der Waals surface area (Å²) in [6.45, 7) is 2.79. The van der Waals surface area contributed by atoms with Gasteiger partial charge in [0.15, 0.2) is 0 Å². The molecule has 0 bridgehead atoms. The number of hydrogen-bond donors (Lipinski definition) is 1. The average molecular weight is 339 g/mol. The van der Waals surface area contributed by atoms with Gasteiger partial charge >= 0.3 is 5.97 Å². The second-order valence-electron chi connectivity index (χ2n) is 6.88. The van der Waals surface area contributed by atoms with Gasteiger partial charge in [0.2, 0.25) is 5.78 Å². The first kappa shape index (κ1) is 20.7. The maximum atomic E-state index is 12.3. The van der Waals surface area contributed by atoms with Crippen molar-refractivity contribution < 1.29 is 19.5 Å². The molecule has 1 amide bonds. The minimum absolute atomic E-state index is 0.0562. The number of carboxylic acid groups (broad SMARTS) is 1. The van der Waals surface area contributed by atoms with Crippen molar-refractivity contribution >= 4 is 17.7 Å².